The average molecular weight is 222 g/mol. The number of imidazole rings is 1. The fourth-order valence-electron chi connectivity index (χ4n) is 2.38. The lowest BCUT2D eigenvalue weighted by Gasteiger charge is -2.21. The van der Waals surface area contributed by atoms with Gasteiger partial charge < -0.3 is 9.30 Å². The fraction of sp³-hybridized carbons (Fsp3) is 0.667. The molecule has 0 bridgehead atoms. The van der Waals surface area contributed by atoms with Gasteiger partial charge >= 0.3 is 5.97 Å². The van der Waals surface area contributed by atoms with Gasteiger partial charge in [0.2, 0.25) is 0 Å². The molecule has 0 atom stereocenters. The molecule has 1 aromatic rings. The lowest BCUT2D eigenvalue weighted by molar-refractivity contribution is -0.141. The molecule has 0 radical (unpaired) electrons. The normalized spacial score (nSPS) is 17.3. The second-order valence-corrected chi connectivity index (χ2v) is 4.32. The summed E-state index contributed by atoms with van der Waals surface area (Å²) in [5.74, 6) is 1.36. The van der Waals surface area contributed by atoms with Gasteiger partial charge in [-0.1, -0.05) is 19.3 Å². The zero-order valence-electron chi connectivity index (χ0n) is 9.69. The average Bonchev–Trinajstić information content (AvgIpc) is 2.78. The minimum absolute atomic E-state index is 0.213. The number of rotatable bonds is 3. The van der Waals surface area contributed by atoms with Gasteiger partial charge in [0.05, 0.1) is 7.11 Å². The third kappa shape index (κ3) is 2.43. The van der Waals surface area contributed by atoms with Crippen LogP contribution in [0.5, 0.6) is 0 Å². The van der Waals surface area contributed by atoms with E-state index in [9.17, 15) is 4.79 Å². The molecule has 1 heterocycles. The summed E-state index contributed by atoms with van der Waals surface area (Å²) < 4.78 is 6.60. The SMILES string of the molecule is COC(=O)Cn1ccnc1C1CCCCC1. The van der Waals surface area contributed by atoms with Crippen molar-refractivity contribution in [3.05, 3.63) is 18.2 Å². The van der Waals surface area contributed by atoms with Gasteiger partial charge in [-0.3, -0.25) is 4.79 Å². The Morgan fingerprint density at radius 1 is 1.50 bits per heavy atom. The first-order valence-electron chi connectivity index (χ1n) is 5.89. The Hall–Kier alpha value is -1.32. The minimum atomic E-state index is -0.213. The van der Waals surface area contributed by atoms with Crippen LogP contribution in [-0.4, -0.2) is 22.6 Å². The van der Waals surface area contributed by atoms with Crippen LogP contribution in [0.25, 0.3) is 0 Å². The van der Waals surface area contributed by atoms with Gasteiger partial charge in [-0.05, 0) is 12.8 Å². The predicted molar refractivity (Wildman–Crippen MR) is 60.1 cm³/mol. The fourth-order valence-corrected chi connectivity index (χ4v) is 2.38. The molecule has 88 valence electrons. The maximum absolute atomic E-state index is 11.2. The first-order valence-corrected chi connectivity index (χ1v) is 5.89. The third-order valence-corrected chi connectivity index (χ3v) is 3.25. The van der Waals surface area contributed by atoms with Crippen molar-refractivity contribution in [2.75, 3.05) is 7.11 Å². The number of nitrogens with zero attached hydrogens (tertiary/aromatic N) is 2. The maximum atomic E-state index is 11.2. The van der Waals surface area contributed by atoms with E-state index < -0.39 is 0 Å². The highest BCUT2D eigenvalue weighted by Crippen LogP contribution is 2.31. The standard InChI is InChI=1S/C12H18N2O2/c1-16-11(15)9-14-8-7-13-12(14)10-5-3-2-4-6-10/h7-8,10H,2-6,9H2,1H3. The van der Waals surface area contributed by atoms with E-state index in [1.165, 1.54) is 39.2 Å². The second-order valence-electron chi connectivity index (χ2n) is 4.32. The van der Waals surface area contributed by atoms with Crippen molar-refractivity contribution >= 4 is 5.97 Å². The van der Waals surface area contributed by atoms with Gasteiger partial charge in [-0.15, -0.1) is 0 Å². The molecule has 0 spiro atoms. The molecule has 0 N–H and O–H groups in total. The molecule has 0 amide bonds. The van der Waals surface area contributed by atoms with Crippen molar-refractivity contribution in [3.8, 4) is 0 Å². The summed E-state index contributed by atoms with van der Waals surface area (Å²) in [6, 6.07) is 0. The van der Waals surface area contributed by atoms with Crippen LogP contribution in [0.1, 0.15) is 43.8 Å². The third-order valence-electron chi connectivity index (χ3n) is 3.25. The molecule has 2 rings (SSSR count). The van der Waals surface area contributed by atoms with E-state index in [0.717, 1.165) is 5.82 Å². The van der Waals surface area contributed by atoms with Crippen LogP contribution in [0, 0.1) is 0 Å². The molecule has 0 unspecified atom stereocenters. The summed E-state index contributed by atoms with van der Waals surface area (Å²) in [6.07, 6.45) is 9.89. The maximum Gasteiger partial charge on any atom is 0.325 e. The van der Waals surface area contributed by atoms with E-state index in [0.29, 0.717) is 5.92 Å². The highest BCUT2D eigenvalue weighted by atomic mass is 16.5. The monoisotopic (exact) mass is 222 g/mol. The Labute approximate surface area is 95.6 Å². The van der Waals surface area contributed by atoms with Gasteiger partial charge in [0.1, 0.15) is 12.4 Å². The number of hydrogen-bond donors (Lipinski definition) is 0. The zero-order valence-corrected chi connectivity index (χ0v) is 9.69. The molecule has 0 saturated heterocycles. The molecule has 1 aliphatic carbocycles. The van der Waals surface area contributed by atoms with E-state index in [1.54, 1.807) is 6.20 Å². The number of ether oxygens (including phenoxy) is 1. The summed E-state index contributed by atoms with van der Waals surface area (Å²) in [7, 11) is 1.42. The largest absolute Gasteiger partial charge is 0.468 e. The Bertz CT molecular complexity index is 354. The van der Waals surface area contributed by atoms with E-state index >= 15 is 0 Å². The van der Waals surface area contributed by atoms with Crippen LogP contribution in [0.15, 0.2) is 12.4 Å². The van der Waals surface area contributed by atoms with Crippen LogP contribution in [-0.2, 0) is 16.1 Å². The predicted octanol–water partition coefficient (Wildman–Crippen LogP) is 2.10. The molecule has 1 aliphatic rings. The molecular formula is C12H18N2O2. The van der Waals surface area contributed by atoms with Gasteiger partial charge in [0.25, 0.3) is 0 Å². The summed E-state index contributed by atoms with van der Waals surface area (Å²) in [5, 5.41) is 0. The van der Waals surface area contributed by atoms with Crippen LogP contribution in [0.4, 0.5) is 0 Å². The number of esters is 1. The first kappa shape index (κ1) is 11.2. The Kier molecular flexibility index (Phi) is 3.59. The number of hydrogen-bond acceptors (Lipinski definition) is 3. The molecule has 16 heavy (non-hydrogen) atoms. The molecule has 0 aliphatic heterocycles. The van der Waals surface area contributed by atoms with Crippen LogP contribution in [0.3, 0.4) is 0 Å². The number of methoxy groups -OCH3 is 1. The highest BCUT2D eigenvalue weighted by Gasteiger charge is 2.20. The number of aromatic nitrogens is 2. The quantitative estimate of drug-likeness (QED) is 0.736. The highest BCUT2D eigenvalue weighted by molar-refractivity contribution is 5.69. The van der Waals surface area contributed by atoms with Crippen molar-refractivity contribution in [1.82, 2.24) is 9.55 Å². The Morgan fingerprint density at radius 3 is 2.94 bits per heavy atom. The minimum Gasteiger partial charge on any atom is -0.468 e. The lowest BCUT2D eigenvalue weighted by atomic mass is 9.88. The van der Waals surface area contributed by atoms with Gasteiger partial charge in [-0.2, -0.15) is 0 Å². The molecular weight excluding hydrogens is 204 g/mol. The van der Waals surface area contributed by atoms with E-state index in [4.69, 9.17) is 0 Å². The molecule has 4 heteroatoms. The van der Waals surface area contributed by atoms with Crippen molar-refractivity contribution in [1.29, 1.82) is 0 Å². The van der Waals surface area contributed by atoms with Gasteiger partial charge in [-0.25, -0.2) is 4.98 Å². The summed E-state index contributed by atoms with van der Waals surface area (Å²) in [4.78, 5) is 15.6. The van der Waals surface area contributed by atoms with Crippen molar-refractivity contribution in [2.45, 2.75) is 44.6 Å². The van der Waals surface area contributed by atoms with Gasteiger partial charge in [0.15, 0.2) is 0 Å². The van der Waals surface area contributed by atoms with Crippen molar-refractivity contribution in [2.24, 2.45) is 0 Å². The number of carbonyl (C=O) groups excluding carboxylic acids is 1. The summed E-state index contributed by atoms with van der Waals surface area (Å²) in [6.45, 7) is 0.280. The van der Waals surface area contributed by atoms with E-state index in [2.05, 4.69) is 9.72 Å². The summed E-state index contributed by atoms with van der Waals surface area (Å²) >= 11 is 0. The van der Waals surface area contributed by atoms with Crippen LogP contribution < -0.4 is 0 Å². The van der Waals surface area contributed by atoms with Crippen LogP contribution >= 0.6 is 0 Å². The van der Waals surface area contributed by atoms with E-state index in [1.807, 2.05) is 10.8 Å². The Morgan fingerprint density at radius 2 is 2.25 bits per heavy atom. The molecule has 1 fully saturated rings. The summed E-state index contributed by atoms with van der Waals surface area (Å²) in [5.41, 5.74) is 0. The topological polar surface area (TPSA) is 44.1 Å². The lowest BCUT2D eigenvalue weighted by Crippen LogP contribution is -2.17. The molecule has 4 nitrogen and oxygen atoms in total. The van der Waals surface area contributed by atoms with E-state index in [-0.39, 0.29) is 12.5 Å². The second kappa shape index (κ2) is 5.14. The van der Waals surface area contributed by atoms with Crippen molar-refractivity contribution < 1.29 is 9.53 Å². The smallest absolute Gasteiger partial charge is 0.325 e. The van der Waals surface area contributed by atoms with Crippen LogP contribution in [0.2, 0.25) is 0 Å². The van der Waals surface area contributed by atoms with Crippen molar-refractivity contribution in [3.63, 3.8) is 0 Å². The molecule has 0 aromatic carbocycles. The molecule has 1 aromatic heterocycles. The zero-order chi connectivity index (χ0) is 11.4. The first-order chi connectivity index (χ1) is 7.81. The number of carbonyl (C=O) groups is 1. The van der Waals surface area contributed by atoms with Gasteiger partial charge in [0, 0.05) is 18.3 Å². The Balaban J connectivity index is 2.08. The molecule has 1 saturated carbocycles.